The number of benzene rings is 1. The minimum absolute atomic E-state index is 0.0223. The molecule has 0 radical (unpaired) electrons. The molecule has 0 saturated heterocycles. The van der Waals surface area contributed by atoms with Gasteiger partial charge >= 0.3 is 0 Å². The lowest BCUT2D eigenvalue weighted by molar-refractivity contribution is 0.0945. The molecular formula is C11H13FN2O. The van der Waals surface area contributed by atoms with Gasteiger partial charge in [0.1, 0.15) is 5.82 Å². The van der Waals surface area contributed by atoms with E-state index in [0.717, 1.165) is 6.42 Å². The third kappa shape index (κ3) is 2.09. The monoisotopic (exact) mass is 208 g/mol. The van der Waals surface area contributed by atoms with Crippen LogP contribution in [0.4, 0.5) is 10.1 Å². The molecule has 0 aliphatic heterocycles. The number of nitrogens with two attached hydrogens (primary N) is 1. The summed E-state index contributed by atoms with van der Waals surface area (Å²) in [4.78, 5) is 11.6. The van der Waals surface area contributed by atoms with E-state index in [1.165, 1.54) is 18.2 Å². The largest absolute Gasteiger partial charge is 0.399 e. The molecule has 1 aliphatic rings. The van der Waals surface area contributed by atoms with E-state index in [0.29, 0.717) is 11.6 Å². The fraction of sp³-hybridized carbons (Fsp3) is 0.364. The van der Waals surface area contributed by atoms with E-state index < -0.39 is 5.82 Å². The predicted molar refractivity (Wildman–Crippen MR) is 55.8 cm³/mol. The molecule has 0 heterocycles. The number of anilines is 1. The van der Waals surface area contributed by atoms with Crippen molar-refractivity contribution in [3.8, 4) is 0 Å². The highest BCUT2D eigenvalue weighted by Gasteiger charge is 2.34. The van der Waals surface area contributed by atoms with Gasteiger partial charge in [-0.05, 0) is 30.5 Å². The van der Waals surface area contributed by atoms with Gasteiger partial charge in [-0.1, -0.05) is 6.92 Å². The average molecular weight is 208 g/mol. The smallest absolute Gasteiger partial charge is 0.254 e. The van der Waals surface area contributed by atoms with E-state index in [2.05, 4.69) is 5.32 Å². The van der Waals surface area contributed by atoms with E-state index >= 15 is 0 Å². The topological polar surface area (TPSA) is 55.1 Å². The maximum absolute atomic E-state index is 13.3. The Labute approximate surface area is 87.5 Å². The van der Waals surface area contributed by atoms with Gasteiger partial charge in [-0.15, -0.1) is 0 Å². The van der Waals surface area contributed by atoms with E-state index in [1.54, 1.807) is 0 Å². The number of nitrogens with one attached hydrogen (secondary N) is 1. The normalized spacial score (nSPS) is 23.6. The summed E-state index contributed by atoms with van der Waals surface area (Å²) in [6, 6.07) is 4.20. The number of carbonyl (C=O) groups is 1. The second kappa shape index (κ2) is 3.53. The Morgan fingerprint density at radius 1 is 1.60 bits per heavy atom. The van der Waals surface area contributed by atoms with E-state index in [1.807, 2.05) is 6.92 Å². The molecule has 2 atom stereocenters. The van der Waals surface area contributed by atoms with Crippen LogP contribution in [0.25, 0.3) is 0 Å². The van der Waals surface area contributed by atoms with Crippen molar-refractivity contribution < 1.29 is 9.18 Å². The SMILES string of the molecule is CC1CC1NC(=O)c1cc(N)ccc1F. The first-order valence-corrected chi connectivity index (χ1v) is 4.94. The third-order valence-electron chi connectivity index (χ3n) is 2.66. The van der Waals surface area contributed by atoms with Crippen molar-refractivity contribution in [3.63, 3.8) is 0 Å². The van der Waals surface area contributed by atoms with Crippen LogP contribution in [0.1, 0.15) is 23.7 Å². The number of hydrogen-bond donors (Lipinski definition) is 2. The van der Waals surface area contributed by atoms with Gasteiger partial charge in [0.25, 0.3) is 5.91 Å². The fourth-order valence-corrected chi connectivity index (χ4v) is 1.49. The molecule has 1 fully saturated rings. The minimum atomic E-state index is -0.532. The molecule has 1 aromatic rings. The molecule has 2 unspecified atom stereocenters. The molecule has 1 aromatic carbocycles. The molecular weight excluding hydrogens is 195 g/mol. The summed E-state index contributed by atoms with van der Waals surface area (Å²) >= 11 is 0. The Morgan fingerprint density at radius 2 is 2.27 bits per heavy atom. The molecule has 0 spiro atoms. The van der Waals surface area contributed by atoms with Gasteiger partial charge < -0.3 is 11.1 Å². The Morgan fingerprint density at radius 3 is 2.87 bits per heavy atom. The van der Waals surface area contributed by atoms with Gasteiger partial charge in [0, 0.05) is 11.7 Å². The van der Waals surface area contributed by atoms with Gasteiger partial charge in [-0.2, -0.15) is 0 Å². The second-order valence-electron chi connectivity index (χ2n) is 4.03. The Bertz CT molecular complexity index is 406. The van der Waals surface area contributed by atoms with Crippen molar-refractivity contribution in [3.05, 3.63) is 29.6 Å². The number of amides is 1. The lowest BCUT2D eigenvalue weighted by Gasteiger charge is -2.05. The maximum atomic E-state index is 13.3. The quantitative estimate of drug-likeness (QED) is 0.724. The molecule has 1 saturated carbocycles. The highest BCUT2D eigenvalue weighted by Crippen LogP contribution is 2.29. The van der Waals surface area contributed by atoms with Crippen LogP contribution in [-0.4, -0.2) is 11.9 Å². The Balaban J connectivity index is 2.14. The summed E-state index contributed by atoms with van der Waals surface area (Å²) in [7, 11) is 0. The van der Waals surface area contributed by atoms with Crippen molar-refractivity contribution in [1.29, 1.82) is 0 Å². The lowest BCUT2D eigenvalue weighted by Crippen LogP contribution is -2.27. The molecule has 3 nitrogen and oxygen atoms in total. The molecule has 0 aromatic heterocycles. The van der Waals surface area contributed by atoms with Crippen LogP contribution in [0.3, 0.4) is 0 Å². The summed E-state index contributed by atoms with van der Waals surface area (Å²) in [5, 5.41) is 2.75. The van der Waals surface area contributed by atoms with Crippen LogP contribution in [0.5, 0.6) is 0 Å². The number of hydrogen-bond acceptors (Lipinski definition) is 2. The molecule has 80 valence electrons. The molecule has 4 heteroatoms. The number of carbonyl (C=O) groups excluding carboxylic acids is 1. The van der Waals surface area contributed by atoms with Crippen molar-refractivity contribution in [2.24, 2.45) is 5.92 Å². The van der Waals surface area contributed by atoms with Crippen molar-refractivity contribution >= 4 is 11.6 Å². The third-order valence-corrected chi connectivity index (χ3v) is 2.66. The maximum Gasteiger partial charge on any atom is 0.254 e. The van der Waals surface area contributed by atoms with Crippen LogP contribution in [0.15, 0.2) is 18.2 Å². The fourth-order valence-electron chi connectivity index (χ4n) is 1.49. The first-order chi connectivity index (χ1) is 7.08. The highest BCUT2D eigenvalue weighted by molar-refractivity contribution is 5.95. The van der Waals surface area contributed by atoms with Gasteiger partial charge in [-0.25, -0.2) is 4.39 Å². The standard InChI is InChI=1S/C11H13FN2O/c1-6-4-10(6)14-11(15)8-5-7(13)2-3-9(8)12/h2-3,5-6,10H,4,13H2,1H3,(H,14,15). The molecule has 0 bridgehead atoms. The summed E-state index contributed by atoms with van der Waals surface area (Å²) in [5.41, 5.74) is 5.91. The van der Waals surface area contributed by atoms with Crippen molar-refractivity contribution in [2.45, 2.75) is 19.4 Å². The van der Waals surface area contributed by atoms with Gasteiger partial charge in [0.05, 0.1) is 5.56 Å². The number of rotatable bonds is 2. The number of halogens is 1. The Hall–Kier alpha value is -1.58. The zero-order valence-electron chi connectivity index (χ0n) is 8.46. The van der Waals surface area contributed by atoms with Crippen LogP contribution >= 0.6 is 0 Å². The van der Waals surface area contributed by atoms with E-state index in [4.69, 9.17) is 5.73 Å². The van der Waals surface area contributed by atoms with E-state index in [9.17, 15) is 9.18 Å². The van der Waals surface area contributed by atoms with Crippen LogP contribution in [-0.2, 0) is 0 Å². The van der Waals surface area contributed by atoms with Gasteiger partial charge in [0.15, 0.2) is 0 Å². The first-order valence-electron chi connectivity index (χ1n) is 4.94. The Kier molecular flexibility index (Phi) is 2.34. The van der Waals surface area contributed by atoms with E-state index in [-0.39, 0.29) is 17.5 Å². The summed E-state index contributed by atoms with van der Waals surface area (Å²) < 4.78 is 13.3. The summed E-state index contributed by atoms with van der Waals surface area (Å²) in [6.45, 7) is 2.04. The molecule has 1 amide bonds. The van der Waals surface area contributed by atoms with Crippen LogP contribution < -0.4 is 11.1 Å². The summed E-state index contributed by atoms with van der Waals surface area (Å²) in [5.74, 6) is -0.415. The molecule has 1 aliphatic carbocycles. The number of nitrogen functional groups attached to an aromatic ring is 1. The minimum Gasteiger partial charge on any atom is -0.399 e. The van der Waals surface area contributed by atoms with Crippen LogP contribution in [0.2, 0.25) is 0 Å². The second-order valence-corrected chi connectivity index (χ2v) is 4.03. The molecule has 3 N–H and O–H groups in total. The predicted octanol–water partition coefficient (Wildman–Crippen LogP) is 1.55. The average Bonchev–Trinajstić information content (AvgIpc) is 2.86. The molecule has 2 rings (SSSR count). The lowest BCUT2D eigenvalue weighted by atomic mass is 10.1. The van der Waals surface area contributed by atoms with Crippen LogP contribution in [0, 0.1) is 11.7 Å². The first kappa shape index (κ1) is 9.96. The van der Waals surface area contributed by atoms with Crippen molar-refractivity contribution in [2.75, 3.05) is 5.73 Å². The highest BCUT2D eigenvalue weighted by atomic mass is 19.1. The van der Waals surface area contributed by atoms with Gasteiger partial charge in [-0.3, -0.25) is 4.79 Å². The van der Waals surface area contributed by atoms with Gasteiger partial charge in [0.2, 0.25) is 0 Å². The summed E-state index contributed by atoms with van der Waals surface area (Å²) in [6.07, 6.45) is 0.968. The van der Waals surface area contributed by atoms with Crippen molar-refractivity contribution in [1.82, 2.24) is 5.32 Å². The molecule has 15 heavy (non-hydrogen) atoms. The zero-order chi connectivity index (χ0) is 11.0. The zero-order valence-corrected chi connectivity index (χ0v) is 8.46.